The van der Waals surface area contributed by atoms with Crippen LogP contribution in [0.4, 0.5) is 10.3 Å². The third kappa shape index (κ3) is 2.33. The van der Waals surface area contributed by atoms with Crippen molar-refractivity contribution in [2.45, 2.75) is 13.8 Å². The van der Waals surface area contributed by atoms with Crippen molar-refractivity contribution >= 4 is 12.2 Å². The van der Waals surface area contributed by atoms with Crippen LogP contribution in [-0.4, -0.2) is 15.9 Å². The number of benzene rings is 1. The number of nitrogen functional groups attached to an aromatic ring is 1. The van der Waals surface area contributed by atoms with E-state index in [9.17, 15) is 4.39 Å². The minimum atomic E-state index is -0.272. The number of nitrogens with zero attached hydrogens (tertiary/aromatic N) is 3. The summed E-state index contributed by atoms with van der Waals surface area (Å²) in [5, 5.41) is 4.06. The van der Waals surface area contributed by atoms with Crippen LogP contribution in [0.3, 0.4) is 0 Å². The Morgan fingerprint density at radius 3 is 2.82 bits per heavy atom. The lowest BCUT2D eigenvalue weighted by Crippen LogP contribution is -1.98. The Kier molecular flexibility index (Phi) is 2.91. The van der Waals surface area contributed by atoms with Crippen LogP contribution in [0, 0.1) is 19.7 Å². The number of aromatic nitrogens is 2. The first-order valence-electron chi connectivity index (χ1n) is 5.19. The summed E-state index contributed by atoms with van der Waals surface area (Å²) >= 11 is 0. The van der Waals surface area contributed by atoms with Gasteiger partial charge in [-0.1, -0.05) is 18.2 Å². The minimum absolute atomic E-state index is 0.272. The van der Waals surface area contributed by atoms with Crippen molar-refractivity contribution in [3.05, 3.63) is 47.0 Å². The van der Waals surface area contributed by atoms with E-state index in [4.69, 9.17) is 5.73 Å². The summed E-state index contributed by atoms with van der Waals surface area (Å²) in [5.41, 5.74) is 7.40. The van der Waals surface area contributed by atoms with Crippen LogP contribution >= 0.6 is 0 Å². The van der Waals surface area contributed by atoms with Gasteiger partial charge in [-0.15, -0.1) is 0 Å². The van der Waals surface area contributed by atoms with Crippen molar-refractivity contribution in [1.29, 1.82) is 0 Å². The summed E-state index contributed by atoms with van der Waals surface area (Å²) in [6.45, 7) is 3.53. The van der Waals surface area contributed by atoms with Crippen molar-refractivity contribution in [2.75, 3.05) is 5.73 Å². The standard InChI is InChI=1S/C12H13FN4/c1-8-4-3-5-10(11(8)13)6-15-17-7-9(2)16-12(17)14/h3-7H,1-2H3,(H2,14,16). The fourth-order valence-corrected chi connectivity index (χ4v) is 1.49. The minimum Gasteiger partial charge on any atom is -0.368 e. The molecule has 0 fully saturated rings. The maximum Gasteiger partial charge on any atom is 0.221 e. The SMILES string of the molecule is Cc1cn(N=Cc2cccc(C)c2F)c(N)n1. The summed E-state index contributed by atoms with van der Waals surface area (Å²) in [4.78, 5) is 4.00. The van der Waals surface area contributed by atoms with E-state index in [1.54, 1.807) is 31.3 Å². The molecule has 0 aliphatic heterocycles. The van der Waals surface area contributed by atoms with Gasteiger partial charge in [-0.05, 0) is 19.4 Å². The van der Waals surface area contributed by atoms with Gasteiger partial charge in [0.15, 0.2) is 0 Å². The molecule has 0 aliphatic rings. The van der Waals surface area contributed by atoms with Gasteiger partial charge < -0.3 is 5.73 Å². The van der Waals surface area contributed by atoms with Crippen molar-refractivity contribution < 1.29 is 4.39 Å². The molecule has 0 saturated heterocycles. The molecule has 17 heavy (non-hydrogen) atoms. The molecule has 0 radical (unpaired) electrons. The fourth-order valence-electron chi connectivity index (χ4n) is 1.49. The number of rotatable bonds is 2. The quantitative estimate of drug-likeness (QED) is 0.806. The highest BCUT2D eigenvalue weighted by atomic mass is 19.1. The van der Waals surface area contributed by atoms with E-state index in [0.717, 1.165) is 5.69 Å². The molecular weight excluding hydrogens is 219 g/mol. The van der Waals surface area contributed by atoms with Gasteiger partial charge in [0.05, 0.1) is 18.1 Å². The summed E-state index contributed by atoms with van der Waals surface area (Å²) in [5.74, 6) is 0.0125. The van der Waals surface area contributed by atoms with Gasteiger partial charge in [-0.2, -0.15) is 5.10 Å². The summed E-state index contributed by atoms with van der Waals surface area (Å²) in [6.07, 6.45) is 3.11. The van der Waals surface area contributed by atoms with E-state index in [0.29, 0.717) is 11.1 Å². The van der Waals surface area contributed by atoms with E-state index >= 15 is 0 Å². The number of imidazole rings is 1. The Morgan fingerprint density at radius 1 is 1.41 bits per heavy atom. The van der Waals surface area contributed by atoms with Crippen molar-refractivity contribution in [3.8, 4) is 0 Å². The molecule has 5 heteroatoms. The predicted molar refractivity (Wildman–Crippen MR) is 65.5 cm³/mol. The maximum atomic E-state index is 13.7. The van der Waals surface area contributed by atoms with Crippen LogP contribution in [0.15, 0.2) is 29.5 Å². The smallest absolute Gasteiger partial charge is 0.221 e. The molecule has 0 aliphatic carbocycles. The first kappa shape index (κ1) is 11.3. The van der Waals surface area contributed by atoms with Gasteiger partial charge >= 0.3 is 0 Å². The highest BCUT2D eigenvalue weighted by Crippen LogP contribution is 2.10. The average Bonchev–Trinajstić information content (AvgIpc) is 2.60. The first-order valence-corrected chi connectivity index (χ1v) is 5.19. The highest BCUT2D eigenvalue weighted by molar-refractivity contribution is 5.80. The normalized spacial score (nSPS) is 11.2. The van der Waals surface area contributed by atoms with Crippen LogP contribution in [0.25, 0.3) is 0 Å². The first-order chi connectivity index (χ1) is 8.08. The van der Waals surface area contributed by atoms with Gasteiger partial charge in [-0.3, -0.25) is 0 Å². The number of halogens is 1. The lowest BCUT2D eigenvalue weighted by molar-refractivity contribution is 0.616. The molecule has 2 aromatic rings. The second-order valence-electron chi connectivity index (χ2n) is 3.81. The van der Waals surface area contributed by atoms with Crippen molar-refractivity contribution in [2.24, 2.45) is 5.10 Å². The average molecular weight is 232 g/mol. The number of aryl methyl sites for hydroxylation is 2. The molecule has 0 spiro atoms. The predicted octanol–water partition coefficient (Wildman–Crippen LogP) is 2.10. The van der Waals surface area contributed by atoms with E-state index in [1.807, 2.05) is 6.92 Å². The molecule has 1 aromatic carbocycles. The Bertz CT molecular complexity index is 572. The second kappa shape index (κ2) is 4.37. The van der Waals surface area contributed by atoms with Crippen LogP contribution in [-0.2, 0) is 0 Å². The molecule has 88 valence electrons. The molecule has 0 amide bonds. The molecule has 2 N–H and O–H groups in total. The molecule has 4 nitrogen and oxygen atoms in total. The molecule has 0 unspecified atom stereocenters. The van der Waals surface area contributed by atoms with Crippen LogP contribution in [0.1, 0.15) is 16.8 Å². The Hall–Kier alpha value is -2.17. The molecular formula is C12H13FN4. The summed E-state index contributed by atoms with van der Waals surface area (Å²) in [7, 11) is 0. The third-order valence-electron chi connectivity index (χ3n) is 2.38. The van der Waals surface area contributed by atoms with Crippen molar-refractivity contribution in [3.63, 3.8) is 0 Å². The zero-order chi connectivity index (χ0) is 12.4. The molecule has 0 bridgehead atoms. The molecule has 0 atom stereocenters. The number of anilines is 1. The summed E-state index contributed by atoms with van der Waals surface area (Å²) < 4.78 is 15.1. The second-order valence-corrected chi connectivity index (χ2v) is 3.81. The van der Waals surface area contributed by atoms with Gasteiger partial charge in [0.25, 0.3) is 0 Å². The lowest BCUT2D eigenvalue weighted by Gasteiger charge is -2.00. The van der Waals surface area contributed by atoms with E-state index in [2.05, 4.69) is 10.1 Å². The van der Waals surface area contributed by atoms with Gasteiger partial charge in [-0.25, -0.2) is 14.1 Å². The van der Waals surface area contributed by atoms with E-state index < -0.39 is 0 Å². The zero-order valence-electron chi connectivity index (χ0n) is 9.68. The highest BCUT2D eigenvalue weighted by Gasteiger charge is 2.03. The Labute approximate surface area is 98.6 Å². The fraction of sp³-hybridized carbons (Fsp3) is 0.167. The van der Waals surface area contributed by atoms with Crippen LogP contribution in [0.5, 0.6) is 0 Å². The number of hydrogen-bond donors (Lipinski definition) is 1. The summed E-state index contributed by atoms with van der Waals surface area (Å²) in [6, 6.07) is 5.15. The zero-order valence-corrected chi connectivity index (χ0v) is 9.68. The molecule has 1 heterocycles. The number of hydrogen-bond acceptors (Lipinski definition) is 3. The van der Waals surface area contributed by atoms with Crippen LogP contribution in [0.2, 0.25) is 0 Å². The molecule has 1 aromatic heterocycles. The van der Waals surface area contributed by atoms with Gasteiger partial charge in [0.2, 0.25) is 5.95 Å². The topological polar surface area (TPSA) is 56.2 Å². The largest absolute Gasteiger partial charge is 0.368 e. The third-order valence-corrected chi connectivity index (χ3v) is 2.38. The lowest BCUT2D eigenvalue weighted by atomic mass is 10.1. The Morgan fingerprint density at radius 2 is 2.18 bits per heavy atom. The van der Waals surface area contributed by atoms with Crippen LogP contribution < -0.4 is 5.73 Å². The Balaban J connectivity index is 2.32. The van der Waals surface area contributed by atoms with Gasteiger partial charge in [0, 0.05) is 5.56 Å². The van der Waals surface area contributed by atoms with E-state index in [-0.39, 0.29) is 11.8 Å². The van der Waals surface area contributed by atoms with Gasteiger partial charge in [0.1, 0.15) is 5.82 Å². The molecule has 2 rings (SSSR count). The maximum absolute atomic E-state index is 13.7. The number of nitrogens with two attached hydrogens (primary N) is 1. The van der Waals surface area contributed by atoms with Crippen molar-refractivity contribution in [1.82, 2.24) is 9.66 Å². The monoisotopic (exact) mass is 232 g/mol. The van der Waals surface area contributed by atoms with E-state index in [1.165, 1.54) is 10.9 Å². The molecule has 0 saturated carbocycles.